The predicted molar refractivity (Wildman–Crippen MR) is 114 cm³/mol. The van der Waals surface area contributed by atoms with Crippen molar-refractivity contribution < 1.29 is 23.8 Å². The number of aliphatic hydroxyl groups is 1. The molecule has 1 aliphatic heterocycles. The van der Waals surface area contributed by atoms with E-state index in [2.05, 4.69) is 9.88 Å². The first-order valence-corrected chi connectivity index (χ1v) is 10.2. The van der Waals surface area contributed by atoms with Gasteiger partial charge in [-0.1, -0.05) is 13.8 Å². The van der Waals surface area contributed by atoms with E-state index < -0.39 is 29.3 Å². The number of Topliss-reactive ketones (excluding diaryl/α,β-unsaturated/α-hetero) is 1. The lowest BCUT2D eigenvalue weighted by atomic mass is 9.95. The minimum absolute atomic E-state index is 0.0169. The van der Waals surface area contributed by atoms with Crippen molar-refractivity contribution in [3.8, 4) is 5.75 Å². The predicted octanol–water partition coefficient (Wildman–Crippen LogP) is 2.99. The number of aromatic nitrogens is 1. The third-order valence-corrected chi connectivity index (χ3v) is 5.53. The molecule has 164 valence electrons. The highest BCUT2D eigenvalue weighted by Crippen LogP contribution is 2.40. The minimum atomic E-state index is -0.815. The molecule has 1 amide bonds. The van der Waals surface area contributed by atoms with Crippen molar-refractivity contribution >= 4 is 17.4 Å². The van der Waals surface area contributed by atoms with Gasteiger partial charge < -0.3 is 19.6 Å². The molecule has 1 aromatic heterocycles. The fraction of sp³-hybridized carbons (Fsp3) is 0.348. The minimum Gasteiger partial charge on any atom is -0.507 e. The molecule has 1 saturated heterocycles. The van der Waals surface area contributed by atoms with Crippen molar-refractivity contribution in [1.82, 2.24) is 14.8 Å². The van der Waals surface area contributed by atoms with Crippen molar-refractivity contribution in [3.63, 3.8) is 0 Å². The van der Waals surface area contributed by atoms with Gasteiger partial charge in [0.25, 0.3) is 11.7 Å². The molecule has 2 aromatic rings. The molecule has 1 fully saturated rings. The number of carbonyl (C=O) groups excluding carboxylic acids is 2. The number of ketones is 1. The maximum Gasteiger partial charge on any atom is 0.295 e. The van der Waals surface area contributed by atoms with Gasteiger partial charge in [-0.15, -0.1) is 0 Å². The second-order valence-corrected chi connectivity index (χ2v) is 7.14. The van der Waals surface area contributed by atoms with Gasteiger partial charge in [0.15, 0.2) is 0 Å². The third-order valence-electron chi connectivity index (χ3n) is 5.53. The summed E-state index contributed by atoms with van der Waals surface area (Å²) in [5, 5.41) is 11.1. The van der Waals surface area contributed by atoms with E-state index in [1.54, 1.807) is 24.5 Å². The number of hydrogen-bond acceptors (Lipinski definition) is 6. The number of rotatable bonds is 8. The highest BCUT2D eigenvalue weighted by atomic mass is 19.1. The maximum atomic E-state index is 13.9. The van der Waals surface area contributed by atoms with Gasteiger partial charge in [0.2, 0.25) is 0 Å². The van der Waals surface area contributed by atoms with Gasteiger partial charge >= 0.3 is 0 Å². The number of ether oxygens (including phenoxy) is 1. The van der Waals surface area contributed by atoms with Crippen molar-refractivity contribution in [2.45, 2.75) is 19.9 Å². The van der Waals surface area contributed by atoms with Crippen LogP contribution in [0.15, 0.2) is 48.3 Å². The van der Waals surface area contributed by atoms with Crippen LogP contribution in [-0.4, -0.2) is 64.9 Å². The molecule has 2 heterocycles. The van der Waals surface area contributed by atoms with Gasteiger partial charge in [-0.05, 0) is 49.0 Å². The summed E-state index contributed by atoms with van der Waals surface area (Å²) in [6.45, 7) is 6.53. The van der Waals surface area contributed by atoms with Gasteiger partial charge in [0.1, 0.15) is 17.3 Å². The number of amides is 1. The molecular weight excluding hydrogens is 401 g/mol. The van der Waals surface area contributed by atoms with Crippen molar-refractivity contribution in [2.24, 2.45) is 0 Å². The number of halogens is 1. The first-order chi connectivity index (χ1) is 14.9. The highest BCUT2D eigenvalue weighted by molar-refractivity contribution is 6.46. The Balaban J connectivity index is 2.14. The molecule has 8 heteroatoms. The summed E-state index contributed by atoms with van der Waals surface area (Å²) in [7, 11) is 1.38. The van der Waals surface area contributed by atoms with Crippen LogP contribution in [0.3, 0.4) is 0 Å². The smallest absolute Gasteiger partial charge is 0.295 e. The molecule has 1 N–H and O–H groups in total. The van der Waals surface area contributed by atoms with E-state index in [-0.39, 0.29) is 16.9 Å². The van der Waals surface area contributed by atoms with Crippen LogP contribution < -0.4 is 4.74 Å². The number of likely N-dealkylation sites (tertiary alicyclic amines) is 1. The molecule has 7 nitrogen and oxygen atoms in total. The molecule has 0 spiro atoms. The third kappa shape index (κ3) is 4.44. The summed E-state index contributed by atoms with van der Waals surface area (Å²) in [5.74, 6) is -2.39. The largest absolute Gasteiger partial charge is 0.507 e. The zero-order valence-electron chi connectivity index (χ0n) is 17.8. The van der Waals surface area contributed by atoms with E-state index >= 15 is 0 Å². The van der Waals surface area contributed by atoms with E-state index in [1.165, 1.54) is 24.1 Å². The number of nitrogens with zero attached hydrogens (tertiary/aromatic N) is 3. The SMILES string of the molecule is CCN(CC)CCN1C(=O)C(=O)/C(=C(/O)c2cc(F)ccc2OC)C1c1ccncc1. The van der Waals surface area contributed by atoms with Crippen molar-refractivity contribution in [3.05, 3.63) is 65.2 Å². The Bertz CT molecular complexity index is 990. The molecule has 0 radical (unpaired) electrons. The number of benzene rings is 1. The van der Waals surface area contributed by atoms with E-state index in [1.807, 2.05) is 13.8 Å². The van der Waals surface area contributed by atoms with E-state index in [0.29, 0.717) is 18.7 Å². The summed E-state index contributed by atoms with van der Waals surface area (Å²) in [5.41, 5.74) is 0.550. The quantitative estimate of drug-likeness (QED) is 0.396. The summed E-state index contributed by atoms with van der Waals surface area (Å²) in [6.07, 6.45) is 3.12. The van der Waals surface area contributed by atoms with Gasteiger partial charge in [-0.3, -0.25) is 14.6 Å². The number of pyridine rings is 1. The van der Waals surface area contributed by atoms with Gasteiger partial charge in [-0.2, -0.15) is 0 Å². The van der Waals surface area contributed by atoms with Crippen LogP contribution in [0.1, 0.15) is 31.0 Å². The molecule has 0 bridgehead atoms. The number of methoxy groups -OCH3 is 1. The lowest BCUT2D eigenvalue weighted by Gasteiger charge is -2.28. The summed E-state index contributed by atoms with van der Waals surface area (Å²) >= 11 is 0. The van der Waals surface area contributed by atoms with Crippen LogP contribution in [-0.2, 0) is 9.59 Å². The molecule has 1 aliphatic rings. The Kier molecular flexibility index (Phi) is 7.02. The van der Waals surface area contributed by atoms with Crippen LogP contribution >= 0.6 is 0 Å². The summed E-state index contributed by atoms with van der Waals surface area (Å²) < 4.78 is 19.2. The topological polar surface area (TPSA) is 83.0 Å². The van der Waals surface area contributed by atoms with Crippen LogP contribution in [0, 0.1) is 5.82 Å². The Hall–Kier alpha value is -3.26. The Morgan fingerprint density at radius 1 is 1.19 bits per heavy atom. The molecule has 0 aliphatic carbocycles. The van der Waals surface area contributed by atoms with E-state index in [9.17, 15) is 19.1 Å². The first-order valence-electron chi connectivity index (χ1n) is 10.2. The van der Waals surface area contributed by atoms with Crippen LogP contribution in [0.5, 0.6) is 5.75 Å². The number of hydrogen-bond donors (Lipinski definition) is 1. The van der Waals surface area contributed by atoms with Crippen LogP contribution in [0.4, 0.5) is 4.39 Å². The van der Waals surface area contributed by atoms with Crippen LogP contribution in [0.2, 0.25) is 0 Å². The first kappa shape index (κ1) is 22.4. The number of likely N-dealkylation sites (N-methyl/N-ethyl adjacent to an activating group) is 1. The summed E-state index contributed by atoms with van der Waals surface area (Å²) in [6, 6.07) is 6.21. The average Bonchev–Trinajstić information content (AvgIpc) is 3.04. The zero-order chi connectivity index (χ0) is 22.5. The lowest BCUT2D eigenvalue weighted by molar-refractivity contribution is -0.140. The molecule has 0 saturated carbocycles. The van der Waals surface area contributed by atoms with Gasteiger partial charge in [0, 0.05) is 25.5 Å². The fourth-order valence-corrected chi connectivity index (χ4v) is 3.80. The molecule has 31 heavy (non-hydrogen) atoms. The van der Waals surface area contributed by atoms with Crippen molar-refractivity contribution in [2.75, 3.05) is 33.3 Å². The van der Waals surface area contributed by atoms with Gasteiger partial charge in [-0.25, -0.2) is 4.39 Å². The molecule has 1 aromatic carbocycles. The second-order valence-electron chi connectivity index (χ2n) is 7.14. The Labute approximate surface area is 180 Å². The zero-order valence-corrected chi connectivity index (χ0v) is 17.8. The van der Waals surface area contributed by atoms with Gasteiger partial charge in [0.05, 0.1) is 24.3 Å². The van der Waals surface area contributed by atoms with Crippen LogP contribution in [0.25, 0.3) is 5.76 Å². The second kappa shape index (κ2) is 9.70. The lowest BCUT2D eigenvalue weighted by Crippen LogP contribution is -2.38. The normalized spacial score (nSPS) is 18.1. The molecule has 1 atom stereocenters. The van der Waals surface area contributed by atoms with E-state index in [0.717, 1.165) is 19.2 Å². The number of aliphatic hydroxyl groups excluding tert-OH is 1. The van der Waals surface area contributed by atoms with E-state index in [4.69, 9.17) is 4.74 Å². The standard InChI is InChI=1S/C23H26FN3O4/c1-4-26(5-2)12-13-27-20(15-8-10-25-11-9-15)19(22(29)23(27)30)21(28)17-14-16(24)6-7-18(17)31-3/h6-11,14,20,28H,4-5,12-13H2,1-3H3/b21-19+. The average molecular weight is 427 g/mol. The maximum absolute atomic E-state index is 13.9. The number of carbonyl (C=O) groups is 2. The van der Waals surface area contributed by atoms with Crippen molar-refractivity contribution in [1.29, 1.82) is 0 Å². The molecule has 3 rings (SSSR count). The fourth-order valence-electron chi connectivity index (χ4n) is 3.80. The Morgan fingerprint density at radius 3 is 2.48 bits per heavy atom. The highest BCUT2D eigenvalue weighted by Gasteiger charge is 2.46. The molecular formula is C23H26FN3O4. The summed E-state index contributed by atoms with van der Waals surface area (Å²) in [4.78, 5) is 33.5. The monoisotopic (exact) mass is 427 g/mol. The molecule has 1 unspecified atom stereocenters. The Morgan fingerprint density at radius 2 is 1.87 bits per heavy atom.